The number of aryl methyl sites for hydroxylation is 1. The number of hydrogen-bond acceptors (Lipinski definition) is 3. The lowest BCUT2D eigenvalue weighted by atomic mass is 10.0. The van der Waals surface area contributed by atoms with E-state index in [2.05, 4.69) is 15.0 Å². The van der Waals surface area contributed by atoms with Crippen LogP contribution in [0.1, 0.15) is 22.6 Å². The molecule has 0 saturated carbocycles. The SMILES string of the molecule is O=c1cc(C(F)(F)F)nc(CCc2c(Cl)cncc2C(F)(F)F)[nH]1. The van der Waals surface area contributed by atoms with Crippen LogP contribution < -0.4 is 5.56 Å². The van der Waals surface area contributed by atoms with Gasteiger partial charge in [0, 0.05) is 24.9 Å². The Kier molecular flexibility index (Phi) is 4.88. The van der Waals surface area contributed by atoms with Gasteiger partial charge in [0.1, 0.15) is 5.82 Å². The molecule has 2 heterocycles. The van der Waals surface area contributed by atoms with E-state index in [0.717, 1.165) is 6.20 Å². The number of alkyl halides is 6. The lowest BCUT2D eigenvalue weighted by molar-refractivity contribution is -0.141. The van der Waals surface area contributed by atoms with Crippen molar-refractivity contribution in [2.45, 2.75) is 25.2 Å². The van der Waals surface area contributed by atoms with Gasteiger partial charge in [0.15, 0.2) is 5.69 Å². The van der Waals surface area contributed by atoms with Gasteiger partial charge in [-0.3, -0.25) is 9.78 Å². The van der Waals surface area contributed by atoms with Crippen molar-refractivity contribution in [3.05, 3.63) is 56.5 Å². The monoisotopic (exact) mass is 371 g/mol. The first kappa shape index (κ1) is 18.2. The molecule has 0 fully saturated rings. The molecule has 0 bridgehead atoms. The van der Waals surface area contributed by atoms with Crippen LogP contribution in [0.2, 0.25) is 5.02 Å². The Balaban J connectivity index is 2.33. The summed E-state index contributed by atoms with van der Waals surface area (Å²) in [7, 11) is 0. The zero-order valence-electron chi connectivity index (χ0n) is 11.6. The summed E-state index contributed by atoms with van der Waals surface area (Å²) in [5.74, 6) is -0.393. The second kappa shape index (κ2) is 6.42. The van der Waals surface area contributed by atoms with E-state index in [-0.39, 0.29) is 29.5 Å². The van der Waals surface area contributed by atoms with Gasteiger partial charge >= 0.3 is 12.4 Å². The van der Waals surface area contributed by atoms with E-state index in [1.165, 1.54) is 0 Å². The van der Waals surface area contributed by atoms with Crippen LogP contribution in [0, 0.1) is 0 Å². The molecule has 4 nitrogen and oxygen atoms in total. The normalized spacial score (nSPS) is 12.5. The highest BCUT2D eigenvalue weighted by Gasteiger charge is 2.35. The quantitative estimate of drug-likeness (QED) is 0.838. The zero-order chi connectivity index (χ0) is 18.1. The van der Waals surface area contributed by atoms with E-state index in [0.29, 0.717) is 6.20 Å². The van der Waals surface area contributed by atoms with E-state index in [4.69, 9.17) is 11.6 Å². The van der Waals surface area contributed by atoms with Crippen LogP contribution in [-0.2, 0) is 25.2 Å². The van der Waals surface area contributed by atoms with Crippen molar-refractivity contribution in [1.82, 2.24) is 15.0 Å². The fourth-order valence-corrected chi connectivity index (χ4v) is 2.23. The number of nitrogens with zero attached hydrogens (tertiary/aromatic N) is 2. The molecule has 0 spiro atoms. The van der Waals surface area contributed by atoms with Crippen molar-refractivity contribution >= 4 is 11.6 Å². The van der Waals surface area contributed by atoms with E-state index in [1.807, 2.05) is 0 Å². The highest BCUT2D eigenvalue weighted by molar-refractivity contribution is 6.31. The Morgan fingerprint density at radius 3 is 2.29 bits per heavy atom. The Hall–Kier alpha value is -2.10. The predicted molar refractivity (Wildman–Crippen MR) is 71.5 cm³/mol. The Bertz CT molecular complexity index is 800. The number of hydrogen-bond donors (Lipinski definition) is 1. The molecule has 0 radical (unpaired) electrons. The van der Waals surface area contributed by atoms with Crippen LogP contribution in [0.25, 0.3) is 0 Å². The Morgan fingerprint density at radius 2 is 1.71 bits per heavy atom. The average molecular weight is 372 g/mol. The summed E-state index contributed by atoms with van der Waals surface area (Å²) >= 11 is 5.70. The molecule has 130 valence electrons. The highest BCUT2D eigenvalue weighted by atomic mass is 35.5. The van der Waals surface area contributed by atoms with Gasteiger partial charge in [0.2, 0.25) is 0 Å². The van der Waals surface area contributed by atoms with E-state index in [1.54, 1.807) is 0 Å². The molecule has 0 aromatic carbocycles. The van der Waals surface area contributed by atoms with Gasteiger partial charge in [0.25, 0.3) is 5.56 Å². The average Bonchev–Trinajstić information content (AvgIpc) is 2.43. The van der Waals surface area contributed by atoms with Crippen LogP contribution in [-0.4, -0.2) is 15.0 Å². The molecule has 0 unspecified atom stereocenters. The smallest absolute Gasteiger partial charge is 0.311 e. The highest BCUT2D eigenvalue weighted by Crippen LogP contribution is 2.34. The summed E-state index contributed by atoms with van der Waals surface area (Å²) in [6.07, 6.45) is -8.74. The van der Waals surface area contributed by atoms with Crippen molar-refractivity contribution in [3.8, 4) is 0 Å². The number of rotatable bonds is 3. The largest absolute Gasteiger partial charge is 0.433 e. The molecule has 0 atom stereocenters. The lowest BCUT2D eigenvalue weighted by Gasteiger charge is -2.13. The summed E-state index contributed by atoms with van der Waals surface area (Å²) in [5.41, 5.74) is -3.90. The summed E-state index contributed by atoms with van der Waals surface area (Å²) in [4.78, 5) is 19.9. The van der Waals surface area contributed by atoms with Gasteiger partial charge in [-0.05, 0) is 12.0 Å². The van der Waals surface area contributed by atoms with Crippen molar-refractivity contribution in [2.75, 3.05) is 0 Å². The van der Waals surface area contributed by atoms with Gasteiger partial charge in [-0.2, -0.15) is 26.3 Å². The first-order valence-corrected chi connectivity index (χ1v) is 6.73. The minimum atomic E-state index is -4.84. The molecule has 11 heteroatoms. The number of H-pyrrole nitrogens is 1. The maximum Gasteiger partial charge on any atom is 0.433 e. The van der Waals surface area contributed by atoms with Gasteiger partial charge in [-0.15, -0.1) is 0 Å². The maximum atomic E-state index is 12.9. The number of pyridine rings is 1. The molecular weight excluding hydrogens is 364 g/mol. The van der Waals surface area contributed by atoms with Crippen molar-refractivity contribution in [3.63, 3.8) is 0 Å². The summed E-state index contributed by atoms with van der Waals surface area (Å²) in [5, 5.41) is -0.279. The molecule has 0 aliphatic carbocycles. The second-order valence-electron chi connectivity index (χ2n) is 4.72. The number of nitrogens with one attached hydrogen (secondary N) is 1. The molecule has 2 aromatic heterocycles. The lowest BCUT2D eigenvalue weighted by Crippen LogP contribution is -2.19. The van der Waals surface area contributed by atoms with Gasteiger partial charge in [-0.1, -0.05) is 11.6 Å². The van der Waals surface area contributed by atoms with Crippen LogP contribution >= 0.6 is 11.6 Å². The first-order chi connectivity index (χ1) is 11.0. The van der Waals surface area contributed by atoms with Crippen molar-refractivity contribution in [2.24, 2.45) is 0 Å². The summed E-state index contributed by atoms with van der Waals surface area (Å²) < 4.78 is 76.6. The van der Waals surface area contributed by atoms with Crippen LogP contribution in [0.15, 0.2) is 23.3 Å². The molecule has 1 N–H and O–H groups in total. The first-order valence-electron chi connectivity index (χ1n) is 6.35. The number of aromatic amines is 1. The fourth-order valence-electron chi connectivity index (χ4n) is 1.98. The number of aromatic nitrogens is 3. The minimum absolute atomic E-state index is 0.268. The Morgan fingerprint density at radius 1 is 1.04 bits per heavy atom. The van der Waals surface area contributed by atoms with E-state index < -0.39 is 35.0 Å². The third kappa shape index (κ3) is 4.25. The zero-order valence-corrected chi connectivity index (χ0v) is 12.4. The molecule has 2 rings (SSSR count). The predicted octanol–water partition coefficient (Wildman–Crippen LogP) is 3.64. The standard InChI is InChI=1S/C13H8ClF6N3O/c14-8-5-21-4-7(12(15,16)17)6(8)1-2-10-22-9(13(18,19)20)3-11(24)23-10/h3-5H,1-2H2,(H,22,23,24). The van der Waals surface area contributed by atoms with Gasteiger partial charge in [-0.25, -0.2) is 4.98 Å². The fraction of sp³-hybridized carbons (Fsp3) is 0.308. The second-order valence-corrected chi connectivity index (χ2v) is 5.13. The third-order valence-electron chi connectivity index (χ3n) is 3.00. The van der Waals surface area contributed by atoms with Crippen LogP contribution in [0.4, 0.5) is 26.3 Å². The molecule has 0 saturated heterocycles. The molecule has 24 heavy (non-hydrogen) atoms. The molecule has 2 aromatic rings. The number of halogens is 7. The maximum absolute atomic E-state index is 12.9. The van der Waals surface area contributed by atoms with E-state index in [9.17, 15) is 31.1 Å². The van der Waals surface area contributed by atoms with Gasteiger partial charge in [0.05, 0.1) is 10.6 Å². The molecule has 0 amide bonds. The van der Waals surface area contributed by atoms with E-state index >= 15 is 0 Å². The topological polar surface area (TPSA) is 58.6 Å². The van der Waals surface area contributed by atoms with Crippen LogP contribution in [0.3, 0.4) is 0 Å². The summed E-state index contributed by atoms with van der Waals surface area (Å²) in [6, 6.07) is 0.268. The van der Waals surface area contributed by atoms with Crippen LogP contribution in [0.5, 0.6) is 0 Å². The third-order valence-corrected chi connectivity index (χ3v) is 3.33. The van der Waals surface area contributed by atoms with Gasteiger partial charge < -0.3 is 4.98 Å². The van der Waals surface area contributed by atoms with Crippen molar-refractivity contribution < 1.29 is 26.3 Å². The minimum Gasteiger partial charge on any atom is -0.311 e. The molecule has 0 aliphatic rings. The summed E-state index contributed by atoms with van der Waals surface area (Å²) in [6.45, 7) is 0. The molecule has 0 aliphatic heterocycles. The Labute approximate surface area is 135 Å². The molecular formula is C13H8ClF6N3O. The van der Waals surface area contributed by atoms with Crippen molar-refractivity contribution in [1.29, 1.82) is 0 Å².